The molecule has 1 heterocycles. The van der Waals surface area contributed by atoms with Gasteiger partial charge in [0.15, 0.2) is 0 Å². The number of para-hydroxylation sites is 1. The molecule has 3 nitrogen and oxygen atoms in total. The summed E-state index contributed by atoms with van der Waals surface area (Å²) < 4.78 is 13.7. The monoisotopic (exact) mass is 327 g/mol. The molecule has 1 atom stereocenters. The largest absolute Gasteiger partial charge is 0.507 e. The predicted molar refractivity (Wildman–Crippen MR) is 91.5 cm³/mol. The lowest BCUT2D eigenvalue weighted by atomic mass is 9.91. The maximum Gasteiger partial charge on any atom is 0.257 e. The van der Waals surface area contributed by atoms with Crippen molar-refractivity contribution >= 4 is 5.91 Å². The van der Waals surface area contributed by atoms with Crippen LogP contribution in [0, 0.1) is 11.7 Å². The molecule has 0 unspecified atom stereocenters. The number of aromatic hydroxyl groups is 1. The number of likely N-dealkylation sites (tertiary alicyclic amines) is 1. The summed E-state index contributed by atoms with van der Waals surface area (Å²) in [5.74, 6) is 0.114. The van der Waals surface area contributed by atoms with E-state index in [9.17, 15) is 14.3 Å². The van der Waals surface area contributed by atoms with Crippen LogP contribution in [0.4, 0.5) is 4.39 Å². The molecule has 0 aromatic heterocycles. The van der Waals surface area contributed by atoms with Crippen LogP contribution in [0.25, 0.3) is 0 Å². The van der Waals surface area contributed by atoms with Crippen LogP contribution in [0.1, 0.15) is 35.2 Å². The summed E-state index contributed by atoms with van der Waals surface area (Å²) in [5, 5.41) is 9.87. The van der Waals surface area contributed by atoms with Crippen LogP contribution in [0.5, 0.6) is 5.75 Å². The second kappa shape index (κ2) is 7.47. The Hall–Kier alpha value is -2.36. The lowest BCUT2D eigenvalue weighted by Gasteiger charge is -2.33. The zero-order valence-electron chi connectivity index (χ0n) is 13.6. The summed E-state index contributed by atoms with van der Waals surface area (Å²) in [4.78, 5) is 14.4. The van der Waals surface area contributed by atoms with Crippen LogP contribution < -0.4 is 0 Å². The van der Waals surface area contributed by atoms with Gasteiger partial charge in [0.1, 0.15) is 11.6 Å². The molecule has 0 spiro atoms. The van der Waals surface area contributed by atoms with Crippen molar-refractivity contribution in [1.29, 1.82) is 0 Å². The highest BCUT2D eigenvalue weighted by Gasteiger charge is 2.25. The number of nitrogens with zero attached hydrogens (tertiary/aromatic N) is 1. The van der Waals surface area contributed by atoms with Crippen molar-refractivity contribution < 1.29 is 14.3 Å². The Morgan fingerprint density at radius 3 is 2.71 bits per heavy atom. The van der Waals surface area contributed by atoms with Gasteiger partial charge in [-0.1, -0.05) is 30.3 Å². The minimum absolute atomic E-state index is 0.0241. The molecule has 1 aliphatic heterocycles. The van der Waals surface area contributed by atoms with E-state index < -0.39 is 0 Å². The first-order chi connectivity index (χ1) is 11.6. The normalized spacial score (nSPS) is 17.7. The van der Waals surface area contributed by atoms with Gasteiger partial charge in [0.05, 0.1) is 5.56 Å². The summed E-state index contributed by atoms with van der Waals surface area (Å²) in [7, 11) is 0. The molecule has 0 radical (unpaired) electrons. The molecule has 126 valence electrons. The molecule has 2 aromatic rings. The van der Waals surface area contributed by atoms with Crippen LogP contribution in [-0.2, 0) is 6.42 Å². The number of phenolic OH excluding ortho intramolecular Hbond substituents is 1. The Labute approximate surface area is 141 Å². The Morgan fingerprint density at radius 2 is 1.92 bits per heavy atom. The maximum atomic E-state index is 13.7. The summed E-state index contributed by atoms with van der Waals surface area (Å²) >= 11 is 0. The summed E-state index contributed by atoms with van der Waals surface area (Å²) in [6.07, 6.45) is 3.56. The van der Waals surface area contributed by atoms with Gasteiger partial charge >= 0.3 is 0 Å². The number of phenols is 1. The second-order valence-corrected chi connectivity index (χ2v) is 6.41. The molecule has 3 rings (SSSR count). The van der Waals surface area contributed by atoms with Crippen LogP contribution in [0.2, 0.25) is 0 Å². The van der Waals surface area contributed by atoms with E-state index in [1.54, 1.807) is 24.3 Å². The molecule has 1 amide bonds. The van der Waals surface area contributed by atoms with E-state index in [0.29, 0.717) is 31.0 Å². The van der Waals surface area contributed by atoms with E-state index in [0.717, 1.165) is 24.8 Å². The van der Waals surface area contributed by atoms with Gasteiger partial charge in [-0.25, -0.2) is 4.39 Å². The first-order valence-electron chi connectivity index (χ1n) is 8.46. The average Bonchev–Trinajstić information content (AvgIpc) is 2.61. The molecule has 0 aliphatic carbocycles. The molecular weight excluding hydrogens is 305 g/mol. The zero-order valence-corrected chi connectivity index (χ0v) is 13.6. The van der Waals surface area contributed by atoms with Crippen molar-refractivity contribution in [2.45, 2.75) is 25.7 Å². The number of piperidine rings is 1. The van der Waals surface area contributed by atoms with Gasteiger partial charge in [-0.05, 0) is 55.4 Å². The van der Waals surface area contributed by atoms with Gasteiger partial charge in [-0.2, -0.15) is 0 Å². The molecule has 24 heavy (non-hydrogen) atoms. The fourth-order valence-corrected chi connectivity index (χ4v) is 3.37. The van der Waals surface area contributed by atoms with Crippen molar-refractivity contribution in [3.8, 4) is 5.75 Å². The Bertz CT molecular complexity index is 716. The second-order valence-electron chi connectivity index (χ2n) is 6.41. The third-order valence-electron chi connectivity index (χ3n) is 4.72. The topological polar surface area (TPSA) is 40.5 Å². The molecule has 1 aliphatic rings. The van der Waals surface area contributed by atoms with Gasteiger partial charge in [-0.3, -0.25) is 4.79 Å². The van der Waals surface area contributed by atoms with Crippen molar-refractivity contribution in [1.82, 2.24) is 4.90 Å². The van der Waals surface area contributed by atoms with Crippen molar-refractivity contribution in [2.75, 3.05) is 13.1 Å². The van der Waals surface area contributed by atoms with Gasteiger partial charge in [0.2, 0.25) is 0 Å². The number of halogens is 1. The zero-order chi connectivity index (χ0) is 16.9. The third-order valence-corrected chi connectivity index (χ3v) is 4.72. The number of rotatable bonds is 4. The number of benzene rings is 2. The molecule has 1 N–H and O–H groups in total. The summed E-state index contributed by atoms with van der Waals surface area (Å²) in [6.45, 7) is 1.38. The van der Waals surface area contributed by atoms with Gasteiger partial charge in [0, 0.05) is 13.1 Å². The highest BCUT2D eigenvalue weighted by Crippen LogP contribution is 2.25. The van der Waals surface area contributed by atoms with Crippen LogP contribution in [0.3, 0.4) is 0 Å². The van der Waals surface area contributed by atoms with Crippen LogP contribution in [-0.4, -0.2) is 29.0 Å². The van der Waals surface area contributed by atoms with Crippen molar-refractivity contribution in [3.63, 3.8) is 0 Å². The quantitative estimate of drug-likeness (QED) is 0.921. The minimum atomic E-state index is -0.157. The lowest BCUT2D eigenvalue weighted by molar-refractivity contribution is 0.0665. The number of carbonyl (C=O) groups excluding carboxylic acids is 1. The SMILES string of the molecule is O=C(c1ccccc1O)N1CCC[C@@H](CCc2ccccc2F)C1. The van der Waals surface area contributed by atoms with Crippen LogP contribution in [0.15, 0.2) is 48.5 Å². The van der Waals surface area contributed by atoms with E-state index in [4.69, 9.17) is 0 Å². The first-order valence-corrected chi connectivity index (χ1v) is 8.46. The van der Waals surface area contributed by atoms with Gasteiger partial charge < -0.3 is 10.0 Å². The highest BCUT2D eigenvalue weighted by atomic mass is 19.1. The van der Waals surface area contributed by atoms with Crippen molar-refractivity contribution in [3.05, 3.63) is 65.5 Å². The molecule has 1 fully saturated rings. The number of hydrogen-bond acceptors (Lipinski definition) is 2. The summed E-state index contributed by atoms with van der Waals surface area (Å²) in [5.41, 5.74) is 1.09. The summed E-state index contributed by atoms with van der Waals surface area (Å²) in [6, 6.07) is 13.5. The van der Waals surface area contributed by atoms with Gasteiger partial charge in [-0.15, -0.1) is 0 Å². The Balaban J connectivity index is 1.61. The molecular formula is C20H22FNO2. The number of carbonyl (C=O) groups is 1. The van der Waals surface area contributed by atoms with Gasteiger partial charge in [0.25, 0.3) is 5.91 Å². The minimum Gasteiger partial charge on any atom is -0.507 e. The molecule has 4 heteroatoms. The molecule has 2 aromatic carbocycles. The first kappa shape index (κ1) is 16.5. The smallest absolute Gasteiger partial charge is 0.257 e. The van der Waals surface area contributed by atoms with Crippen molar-refractivity contribution in [2.24, 2.45) is 5.92 Å². The fourth-order valence-electron chi connectivity index (χ4n) is 3.37. The predicted octanol–water partition coefficient (Wildman–Crippen LogP) is 4.02. The van der Waals surface area contributed by atoms with E-state index in [2.05, 4.69) is 0 Å². The number of hydrogen-bond donors (Lipinski definition) is 1. The number of amides is 1. The van der Waals surface area contributed by atoms with E-state index >= 15 is 0 Å². The highest BCUT2D eigenvalue weighted by molar-refractivity contribution is 5.96. The third kappa shape index (κ3) is 3.75. The molecule has 0 bridgehead atoms. The molecule has 1 saturated heterocycles. The lowest BCUT2D eigenvalue weighted by Crippen LogP contribution is -2.40. The van der Waals surface area contributed by atoms with E-state index in [1.807, 2.05) is 17.0 Å². The van der Waals surface area contributed by atoms with Crippen LogP contribution >= 0.6 is 0 Å². The average molecular weight is 327 g/mol. The molecule has 0 saturated carbocycles. The Morgan fingerprint density at radius 1 is 1.17 bits per heavy atom. The fraction of sp³-hybridized carbons (Fsp3) is 0.350. The standard InChI is InChI=1S/C20H22FNO2/c21-18-9-3-1-7-16(18)12-11-15-6-5-13-22(14-15)20(24)17-8-2-4-10-19(17)23/h1-4,7-10,15,23H,5-6,11-14H2/t15-/m0/s1. The maximum absolute atomic E-state index is 13.7. The number of aryl methyl sites for hydroxylation is 1. The van der Waals surface area contributed by atoms with E-state index in [-0.39, 0.29) is 17.5 Å². The van der Waals surface area contributed by atoms with E-state index in [1.165, 1.54) is 12.1 Å². The Kier molecular flexibility index (Phi) is 5.14.